The van der Waals surface area contributed by atoms with Gasteiger partial charge in [-0.1, -0.05) is 12.1 Å². The summed E-state index contributed by atoms with van der Waals surface area (Å²) in [4.78, 5) is 11.5. The van der Waals surface area contributed by atoms with Crippen molar-refractivity contribution in [3.05, 3.63) is 29.8 Å². The molecule has 0 unspecified atom stereocenters. The third kappa shape index (κ3) is 9.62. The third-order valence-electron chi connectivity index (χ3n) is 2.73. The molecule has 0 aliphatic carbocycles. The van der Waals surface area contributed by atoms with E-state index in [1.54, 1.807) is 12.1 Å². The molecular weight excluding hydrogens is 313 g/mol. The van der Waals surface area contributed by atoms with Gasteiger partial charge in [0.1, 0.15) is 5.75 Å². The molecule has 1 rings (SSSR count). The number of alkyl halides is 3. The van der Waals surface area contributed by atoms with Crippen LogP contribution in [0.3, 0.4) is 0 Å². The molecule has 0 heterocycles. The number of hydrogen-bond donors (Lipinski definition) is 2. The summed E-state index contributed by atoms with van der Waals surface area (Å²) in [6.45, 7) is 2.60. The monoisotopic (exact) mass is 334 g/mol. The molecule has 0 aromatic heterocycles. The second-order valence-electron chi connectivity index (χ2n) is 4.71. The van der Waals surface area contributed by atoms with Gasteiger partial charge in [0.05, 0.1) is 0 Å². The van der Waals surface area contributed by atoms with Crippen molar-refractivity contribution in [2.75, 3.05) is 26.4 Å². The average Bonchev–Trinajstić information content (AvgIpc) is 2.51. The van der Waals surface area contributed by atoms with Crippen LogP contribution >= 0.6 is 0 Å². The zero-order valence-electron chi connectivity index (χ0n) is 12.9. The topological polar surface area (TPSA) is 59.6 Å². The molecule has 2 N–H and O–H groups in total. The number of carbonyl (C=O) groups is 1. The zero-order valence-corrected chi connectivity index (χ0v) is 12.9. The predicted octanol–water partition coefficient (Wildman–Crippen LogP) is 2.85. The first-order chi connectivity index (χ1) is 10.9. The Bertz CT molecular complexity index is 464. The van der Waals surface area contributed by atoms with Gasteiger partial charge in [-0.3, -0.25) is 0 Å². The summed E-state index contributed by atoms with van der Waals surface area (Å²) in [7, 11) is 0. The van der Waals surface area contributed by atoms with Crippen LogP contribution in [0.25, 0.3) is 0 Å². The predicted molar refractivity (Wildman–Crippen MR) is 79.3 cm³/mol. The fraction of sp³-hybridized carbons (Fsp3) is 0.533. The van der Waals surface area contributed by atoms with Crippen molar-refractivity contribution in [3.63, 3.8) is 0 Å². The Hall–Kier alpha value is -1.96. The van der Waals surface area contributed by atoms with Gasteiger partial charge in [-0.05, 0) is 31.0 Å². The van der Waals surface area contributed by atoms with Crippen LogP contribution in [0.2, 0.25) is 0 Å². The SMILES string of the molecule is CCOCCCNC(=O)NCc1ccc(OCC(F)(F)F)cc1. The van der Waals surface area contributed by atoms with Crippen molar-refractivity contribution >= 4 is 6.03 Å². The van der Waals surface area contributed by atoms with Gasteiger partial charge in [-0.2, -0.15) is 13.2 Å². The second-order valence-corrected chi connectivity index (χ2v) is 4.71. The van der Waals surface area contributed by atoms with Crippen molar-refractivity contribution < 1.29 is 27.4 Å². The van der Waals surface area contributed by atoms with Gasteiger partial charge in [0, 0.05) is 26.3 Å². The molecule has 1 aromatic rings. The Morgan fingerprint density at radius 2 is 1.87 bits per heavy atom. The van der Waals surface area contributed by atoms with E-state index in [4.69, 9.17) is 4.74 Å². The Balaban J connectivity index is 2.23. The maximum Gasteiger partial charge on any atom is 0.422 e. The molecule has 0 spiro atoms. The van der Waals surface area contributed by atoms with Gasteiger partial charge in [-0.15, -0.1) is 0 Å². The molecule has 8 heteroatoms. The minimum atomic E-state index is -4.36. The summed E-state index contributed by atoms with van der Waals surface area (Å²) in [5, 5.41) is 5.33. The summed E-state index contributed by atoms with van der Waals surface area (Å²) >= 11 is 0. The van der Waals surface area contributed by atoms with Gasteiger partial charge in [0.25, 0.3) is 0 Å². The molecule has 0 saturated carbocycles. The molecule has 5 nitrogen and oxygen atoms in total. The van der Waals surface area contributed by atoms with Gasteiger partial charge in [-0.25, -0.2) is 4.79 Å². The van der Waals surface area contributed by atoms with Crippen LogP contribution in [-0.2, 0) is 11.3 Å². The first-order valence-electron chi connectivity index (χ1n) is 7.28. The highest BCUT2D eigenvalue weighted by Gasteiger charge is 2.28. The van der Waals surface area contributed by atoms with Crippen LogP contribution in [0, 0.1) is 0 Å². The highest BCUT2D eigenvalue weighted by Crippen LogP contribution is 2.18. The van der Waals surface area contributed by atoms with E-state index in [1.165, 1.54) is 12.1 Å². The molecule has 0 radical (unpaired) electrons. The summed E-state index contributed by atoms with van der Waals surface area (Å²) in [5.41, 5.74) is 0.758. The molecule has 0 atom stereocenters. The lowest BCUT2D eigenvalue weighted by molar-refractivity contribution is -0.153. The third-order valence-corrected chi connectivity index (χ3v) is 2.73. The van der Waals surface area contributed by atoms with E-state index in [0.717, 1.165) is 12.0 Å². The molecular formula is C15H21F3N2O3. The minimum absolute atomic E-state index is 0.131. The van der Waals surface area contributed by atoms with E-state index in [1.807, 2.05) is 6.92 Å². The Labute approximate surface area is 133 Å². The number of carbonyl (C=O) groups excluding carboxylic acids is 1. The Morgan fingerprint density at radius 3 is 2.48 bits per heavy atom. The van der Waals surface area contributed by atoms with Crippen molar-refractivity contribution in [1.29, 1.82) is 0 Å². The Kier molecular flexibility index (Phi) is 8.25. The Morgan fingerprint density at radius 1 is 1.17 bits per heavy atom. The number of amides is 2. The average molecular weight is 334 g/mol. The summed E-state index contributed by atoms with van der Waals surface area (Å²) in [5.74, 6) is 0.131. The van der Waals surface area contributed by atoms with Crippen LogP contribution in [0.4, 0.5) is 18.0 Å². The lowest BCUT2D eigenvalue weighted by Crippen LogP contribution is -2.35. The normalized spacial score (nSPS) is 11.1. The van der Waals surface area contributed by atoms with Crippen molar-refractivity contribution in [2.45, 2.75) is 26.1 Å². The van der Waals surface area contributed by atoms with E-state index >= 15 is 0 Å². The van der Waals surface area contributed by atoms with Crippen LogP contribution in [-0.4, -0.2) is 38.6 Å². The maximum absolute atomic E-state index is 12.0. The first kappa shape index (κ1) is 19.1. The van der Waals surface area contributed by atoms with Gasteiger partial charge in [0.15, 0.2) is 6.61 Å². The number of hydrogen-bond acceptors (Lipinski definition) is 3. The number of halogens is 3. The molecule has 0 bridgehead atoms. The minimum Gasteiger partial charge on any atom is -0.484 e. The number of nitrogens with one attached hydrogen (secondary N) is 2. The van der Waals surface area contributed by atoms with E-state index < -0.39 is 12.8 Å². The highest BCUT2D eigenvalue weighted by molar-refractivity contribution is 5.73. The number of urea groups is 1. The first-order valence-corrected chi connectivity index (χ1v) is 7.28. The van der Waals surface area contributed by atoms with Crippen LogP contribution < -0.4 is 15.4 Å². The van der Waals surface area contributed by atoms with E-state index in [-0.39, 0.29) is 18.3 Å². The largest absolute Gasteiger partial charge is 0.484 e. The molecule has 0 fully saturated rings. The van der Waals surface area contributed by atoms with E-state index in [2.05, 4.69) is 15.4 Å². The van der Waals surface area contributed by atoms with Crippen molar-refractivity contribution in [3.8, 4) is 5.75 Å². The van der Waals surface area contributed by atoms with Crippen molar-refractivity contribution in [2.24, 2.45) is 0 Å². The molecule has 0 aliphatic rings. The number of benzene rings is 1. The molecule has 2 amide bonds. The van der Waals surface area contributed by atoms with E-state index in [0.29, 0.717) is 19.8 Å². The molecule has 130 valence electrons. The molecule has 23 heavy (non-hydrogen) atoms. The summed E-state index contributed by atoms with van der Waals surface area (Å²) < 4.78 is 45.8. The lowest BCUT2D eigenvalue weighted by atomic mass is 10.2. The zero-order chi connectivity index (χ0) is 17.1. The van der Waals surface area contributed by atoms with E-state index in [9.17, 15) is 18.0 Å². The fourth-order valence-corrected chi connectivity index (χ4v) is 1.63. The number of ether oxygens (including phenoxy) is 2. The summed E-state index contributed by atoms with van der Waals surface area (Å²) in [6, 6.07) is 5.76. The maximum atomic E-state index is 12.0. The standard InChI is InChI=1S/C15H21F3N2O3/c1-2-22-9-3-8-19-14(21)20-10-12-4-6-13(7-5-12)23-11-15(16,17)18/h4-7H,2-3,8-11H2,1H3,(H2,19,20,21). The lowest BCUT2D eigenvalue weighted by Gasteiger charge is -2.10. The summed E-state index contributed by atoms with van der Waals surface area (Å²) in [6.07, 6.45) is -3.63. The molecule has 0 saturated heterocycles. The van der Waals surface area contributed by atoms with Gasteiger partial charge < -0.3 is 20.1 Å². The smallest absolute Gasteiger partial charge is 0.422 e. The molecule has 0 aliphatic heterocycles. The fourth-order valence-electron chi connectivity index (χ4n) is 1.63. The van der Waals surface area contributed by atoms with Gasteiger partial charge in [0.2, 0.25) is 0 Å². The van der Waals surface area contributed by atoms with Crippen molar-refractivity contribution in [1.82, 2.24) is 10.6 Å². The van der Waals surface area contributed by atoms with Crippen LogP contribution in [0.1, 0.15) is 18.9 Å². The quantitative estimate of drug-likeness (QED) is 0.683. The second kappa shape index (κ2) is 9.94. The molecule has 1 aromatic carbocycles. The van der Waals surface area contributed by atoms with Crippen LogP contribution in [0.15, 0.2) is 24.3 Å². The highest BCUT2D eigenvalue weighted by atomic mass is 19.4. The van der Waals surface area contributed by atoms with Gasteiger partial charge >= 0.3 is 12.2 Å². The van der Waals surface area contributed by atoms with Crippen LogP contribution in [0.5, 0.6) is 5.75 Å². The number of rotatable bonds is 9.